The number of nitrogens with one attached hydrogen (secondary N) is 1. The minimum absolute atomic E-state index is 0.157. The van der Waals surface area contributed by atoms with Crippen LogP contribution < -0.4 is 10.1 Å². The van der Waals surface area contributed by atoms with Gasteiger partial charge in [0.15, 0.2) is 0 Å². The van der Waals surface area contributed by atoms with E-state index in [4.69, 9.17) is 21.1 Å². The van der Waals surface area contributed by atoms with Crippen LogP contribution >= 0.6 is 11.6 Å². The normalized spacial score (nSPS) is 13.7. The topological polar surface area (TPSA) is 47.6 Å². The first-order valence-electron chi connectivity index (χ1n) is 6.21. The molecule has 1 rings (SSSR count). The highest BCUT2D eigenvalue weighted by atomic mass is 35.5. The monoisotopic (exact) mass is 285 g/mol. The van der Waals surface area contributed by atoms with E-state index in [1.807, 2.05) is 13.8 Å². The number of methoxy groups -OCH3 is 2. The number of carbonyl (C=O) groups is 1. The lowest BCUT2D eigenvalue weighted by Crippen LogP contribution is -2.36. The van der Waals surface area contributed by atoms with Crippen molar-refractivity contribution in [3.05, 3.63) is 28.8 Å². The maximum absolute atomic E-state index is 12.0. The van der Waals surface area contributed by atoms with E-state index in [9.17, 15) is 4.79 Å². The predicted octanol–water partition coefficient (Wildman–Crippen LogP) is 2.95. The van der Waals surface area contributed by atoms with Gasteiger partial charge < -0.3 is 9.47 Å². The van der Waals surface area contributed by atoms with Crippen molar-refractivity contribution in [3.63, 3.8) is 0 Å². The molecule has 1 aromatic carbocycles. The first kappa shape index (κ1) is 15.8. The van der Waals surface area contributed by atoms with Gasteiger partial charge in [-0.15, -0.1) is 0 Å². The first-order chi connectivity index (χ1) is 9.04. The van der Waals surface area contributed by atoms with Gasteiger partial charge in [0, 0.05) is 16.6 Å². The van der Waals surface area contributed by atoms with E-state index in [1.165, 1.54) is 7.11 Å². The zero-order valence-corrected chi connectivity index (χ0v) is 12.5. The molecule has 0 saturated heterocycles. The summed E-state index contributed by atoms with van der Waals surface area (Å²) in [5.41, 5.74) is 0.610. The molecular weight excluding hydrogens is 266 g/mol. The van der Waals surface area contributed by atoms with Crippen LogP contribution in [0.2, 0.25) is 5.02 Å². The van der Waals surface area contributed by atoms with Gasteiger partial charge in [-0.05, 0) is 25.5 Å². The van der Waals surface area contributed by atoms with Crippen LogP contribution in [0.25, 0.3) is 0 Å². The number of rotatable bonds is 6. The van der Waals surface area contributed by atoms with E-state index >= 15 is 0 Å². The third kappa shape index (κ3) is 3.85. The fraction of sp³-hybridized carbons (Fsp3) is 0.500. The van der Waals surface area contributed by atoms with Crippen molar-refractivity contribution in [2.24, 2.45) is 0 Å². The van der Waals surface area contributed by atoms with E-state index in [1.54, 1.807) is 25.3 Å². The second kappa shape index (κ2) is 7.36. The van der Waals surface area contributed by atoms with Crippen LogP contribution in [-0.4, -0.2) is 26.2 Å². The Morgan fingerprint density at radius 2 is 2.11 bits per heavy atom. The van der Waals surface area contributed by atoms with Gasteiger partial charge in [-0.25, -0.2) is 4.79 Å². The molecule has 0 fully saturated rings. The lowest BCUT2D eigenvalue weighted by molar-refractivity contribution is -0.143. The standard InChI is InChI=1S/C14H20ClNO3/c1-5-9(2)16-13(14(17)19-4)12-10(15)7-6-8-11(12)18-3/h6-9,13,16H,5H2,1-4H3. The van der Waals surface area contributed by atoms with Crippen LogP contribution in [-0.2, 0) is 9.53 Å². The molecule has 0 spiro atoms. The number of halogens is 1. The fourth-order valence-electron chi connectivity index (χ4n) is 1.76. The molecule has 0 aromatic heterocycles. The Morgan fingerprint density at radius 3 is 2.63 bits per heavy atom. The Hall–Kier alpha value is -1.26. The van der Waals surface area contributed by atoms with E-state index in [2.05, 4.69) is 5.32 Å². The molecule has 1 aromatic rings. The molecule has 0 saturated carbocycles. The molecule has 0 bridgehead atoms. The fourth-order valence-corrected chi connectivity index (χ4v) is 2.04. The second-order valence-corrected chi connectivity index (χ2v) is 4.70. The Morgan fingerprint density at radius 1 is 1.42 bits per heavy atom. The summed E-state index contributed by atoms with van der Waals surface area (Å²) in [6.07, 6.45) is 0.889. The van der Waals surface area contributed by atoms with Crippen molar-refractivity contribution < 1.29 is 14.3 Å². The van der Waals surface area contributed by atoms with Gasteiger partial charge in [-0.3, -0.25) is 5.32 Å². The summed E-state index contributed by atoms with van der Waals surface area (Å²) in [6.45, 7) is 4.04. The van der Waals surface area contributed by atoms with Crippen molar-refractivity contribution in [1.82, 2.24) is 5.32 Å². The molecule has 0 aliphatic carbocycles. The molecule has 0 aliphatic heterocycles. The van der Waals surface area contributed by atoms with Gasteiger partial charge in [-0.2, -0.15) is 0 Å². The average Bonchev–Trinajstić information content (AvgIpc) is 2.43. The molecular formula is C14H20ClNO3. The van der Waals surface area contributed by atoms with Crippen LogP contribution in [0.15, 0.2) is 18.2 Å². The van der Waals surface area contributed by atoms with Gasteiger partial charge in [0.05, 0.1) is 14.2 Å². The number of benzene rings is 1. The molecule has 2 atom stereocenters. The van der Waals surface area contributed by atoms with E-state index in [0.717, 1.165) is 6.42 Å². The minimum atomic E-state index is -0.636. The molecule has 106 valence electrons. The van der Waals surface area contributed by atoms with Gasteiger partial charge >= 0.3 is 5.97 Å². The second-order valence-electron chi connectivity index (χ2n) is 4.29. The Bertz CT molecular complexity index is 437. The van der Waals surface area contributed by atoms with Crippen molar-refractivity contribution in [3.8, 4) is 5.75 Å². The largest absolute Gasteiger partial charge is 0.496 e. The summed E-state index contributed by atoms with van der Waals surface area (Å²) >= 11 is 6.20. The van der Waals surface area contributed by atoms with Gasteiger partial charge in [0.25, 0.3) is 0 Å². The zero-order chi connectivity index (χ0) is 14.4. The Labute approximate surface area is 119 Å². The minimum Gasteiger partial charge on any atom is -0.496 e. The highest BCUT2D eigenvalue weighted by Crippen LogP contribution is 2.33. The van der Waals surface area contributed by atoms with Crippen LogP contribution in [0.5, 0.6) is 5.75 Å². The number of ether oxygens (including phenoxy) is 2. The molecule has 1 N–H and O–H groups in total. The zero-order valence-electron chi connectivity index (χ0n) is 11.7. The number of hydrogen-bond acceptors (Lipinski definition) is 4. The van der Waals surface area contributed by atoms with E-state index in [0.29, 0.717) is 16.3 Å². The van der Waals surface area contributed by atoms with Crippen molar-refractivity contribution in [2.45, 2.75) is 32.4 Å². The summed E-state index contributed by atoms with van der Waals surface area (Å²) in [5.74, 6) is 0.186. The smallest absolute Gasteiger partial charge is 0.327 e. The number of carbonyl (C=O) groups excluding carboxylic acids is 1. The molecule has 5 heteroatoms. The van der Waals surface area contributed by atoms with Crippen LogP contribution in [0.4, 0.5) is 0 Å². The van der Waals surface area contributed by atoms with Crippen molar-refractivity contribution in [2.75, 3.05) is 14.2 Å². The van der Waals surface area contributed by atoms with Crippen LogP contribution in [0, 0.1) is 0 Å². The Kier molecular flexibility index (Phi) is 6.12. The highest BCUT2D eigenvalue weighted by Gasteiger charge is 2.28. The maximum atomic E-state index is 12.0. The van der Waals surface area contributed by atoms with E-state index in [-0.39, 0.29) is 12.0 Å². The van der Waals surface area contributed by atoms with Gasteiger partial charge in [-0.1, -0.05) is 24.6 Å². The van der Waals surface area contributed by atoms with Crippen molar-refractivity contribution in [1.29, 1.82) is 0 Å². The van der Waals surface area contributed by atoms with Crippen LogP contribution in [0.1, 0.15) is 31.9 Å². The van der Waals surface area contributed by atoms with Gasteiger partial charge in [0.1, 0.15) is 11.8 Å². The van der Waals surface area contributed by atoms with Crippen molar-refractivity contribution >= 4 is 17.6 Å². The predicted molar refractivity (Wildman–Crippen MR) is 75.6 cm³/mol. The van der Waals surface area contributed by atoms with Crippen LogP contribution in [0.3, 0.4) is 0 Å². The summed E-state index contributed by atoms with van der Waals surface area (Å²) in [5, 5.41) is 3.69. The molecule has 0 amide bonds. The van der Waals surface area contributed by atoms with Gasteiger partial charge in [0.2, 0.25) is 0 Å². The molecule has 0 radical (unpaired) electrons. The van der Waals surface area contributed by atoms with E-state index < -0.39 is 6.04 Å². The summed E-state index contributed by atoms with van der Waals surface area (Å²) in [4.78, 5) is 12.0. The number of esters is 1. The average molecular weight is 286 g/mol. The highest BCUT2D eigenvalue weighted by molar-refractivity contribution is 6.31. The molecule has 0 aliphatic rings. The quantitative estimate of drug-likeness (QED) is 0.817. The molecule has 4 nitrogen and oxygen atoms in total. The SMILES string of the molecule is CCC(C)NC(C(=O)OC)c1c(Cl)cccc1OC. The third-order valence-electron chi connectivity index (χ3n) is 3.02. The maximum Gasteiger partial charge on any atom is 0.327 e. The molecule has 2 unspecified atom stereocenters. The molecule has 0 heterocycles. The number of hydrogen-bond donors (Lipinski definition) is 1. The summed E-state index contributed by atoms with van der Waals surface area (Å²) < 4.78 is 10.1. The third-order valence-corrected chi connectivity index (χ3v) is 3.35. The Balaban J connectivity index is 3.20. The first-order valence-corrected chi connectivity index (χ1v) is 6.59. The lowest BCUT2D eigenvalue weighted by atomic mass is 10.0. The molecule has 19 heavy (non-hydrogen) atoms. The lowest BCUT2D eigenvalue weighted by Gasteiger charge is -2.23. The summed E-state index contributed by atoms with van der Waals surface area (Å²) in [6, 6.07) is 4.81. The summed E-state index contributed by atoms with van der Waals surface area (Å²) in [7, 11) is 2.91.